The van der Waals surface area contributed by atoms with Gasteiger partial charge in [0, 0.05) is 6.42 Å². The number of benzene rings is 1. The molecule has 3 rings (SSSR count). The number of nitrogens with one attached hydrogen (secondary N) is 2. The first-order valence-electron chi connectivity index (χ1n) is 10.7. The fraction of sp³-hybridized carbons (Fsp3) is 0.409. The van der Waals surface area contributed by atoms with E-state index in [1.807, 2.05) is 37.3 Å². The third-order valence-corrected chi connectivity index (χ3v) is 4.56. The molecule has 1 atom stereocenters. The van der Waals surface area contributed by atoms with E-state index in [1.54, 1.807) is 6.92 Å². The number of anilines is 1. The highest BCUT2D eigenvalue weighted by Gasteiger charge is 2.22. The van der Waals surface area contributed by atoms with Gasteiger partial charge in [0.15, 0.2) is 17.3 Å². The van der Waals surface area contributed by atoms with Gasteiger partial charge in [-0.15, -0.1) is 0 Å². The Morgan fingerprint density at radius 1 is 1.21 bits per heavy atom. The molecule has 3 aromatic rings. The molecule has 2 aromatic heterocycles. The third kappa shape index (κ3) is 6.70. The molecule has 0 fully saturated rings. The van der Waals surface area contributed by atoms with Crippen molar-refractivity contribution in [3.05, 3.63) is 52.6 Å². The Hall–Kier alpha value is -3.57. The van der Waals surface area contributed by atoms with E-state index in [0.29, 0.717) is 13.0 Å². The van der Waals surface area contributed by atoms with Crippen molar-refractivity contribution in [3.63, 3.8) is 0 Å². The number of fused-ring (bicyclic) bond motifs is 1. The number of carbonyl (C=O) groups is 2. The number of esters is 1. The molecular formula is C22H27N5O6. The third-order valence-electron chi connectivity index (χ3n) is 4.56. The molecule has 0 aliphatic rings. The van der Waals surface area contributed by atoms with E-state index in [0.717, 1.165) is 5.56 Å². The summed E-state index contributed by atoms with van der Waals surface area (Å²) in [7, 11) is 0. The molecule has 0 spiro atoms. The number of carbonyl (C=O) groups excluding carboxylic acids is 2. The lowest BCUT2D eigenvalue weighted by atomic mass is 10.2. The van der Waals surface area contributed by atoms with Crippen LogP contribution in [0.1, 0.15) is 32.3 Å². The van der Waals surface area contributed by atoms with Gasteiger partial charge in [0.05, 0.1) is 26.1 Å². The van der Waals surface area contributed by atoms with Crippen LogP contribution < -0.4 is 10.9 Å². The Bertz CT molecular complexity index is 1130. The van der Waals surface area contributed by atoms with Gasteiger partial charge in [-0.05, 0) is 12.0 Å². The van der Waals surface area contributed by atoms with Crippen LogP contribution in [0.25, 0.3) is 11.2 Å². The standard InChI is InChI=1S/C22H27N5O6/c1-3-10-32-21(30)16(12-31-11-15-8-6-5-7-9-15)33-14-27-13-23-18-19(27)25-22(26-20(18)29)24-17(28)4-2/h5-9,13,16H,3-4,10-12,14H2,1-2H3,(H2,24,25,26,28,29). The van der Waals surface area contributed by atoms with Crippen LogP contribution in [-0.4, -0.2) is 50.7 Å². The molecule has 0 aliphatic heterocycles. The van der Waals surface area contributed by atoms with Crippen LogP contribution in [0.15, 0.2) is 41.5 Å². The second-order valence-corrected chi connectivity index (χ2v) is 7.16. The maximum absolute atomic E-state index is 12.5. The number of amides is 1. The second kappa shape index (κ2) is 11.9. The zero-order valence-electron chi connectivity index (χ0n) is 18.6. The summed E-state index contributed by atoms with van der Waals surface area (Å²) < 4.78 is 18.1. The van der Waals surface area contributed by atoms with E-state index >= 15 is 0 Å². The fourth-order valence-corrected chi connectivity index (χ4v) is 2.84. The molecular weight excluding hydrogens is 430 g/mol. The second-order valence-electron chi connectivity index (χ2n) is 7.16. The number of hydrogen-bond donors (Lipinski definition) is 2. The molecule has 33 heavy (non-hydrogen) atoms. The molecule has 2 N–H and O–H groups in total. The summed E-state index contributed by atoms with van der Waals surface area (Å²) >= 11 is 0. The molecule has 0 aliphatic carbocycles. The first-order valence-corrected chi connectivity index (χ1v) is 10.7. The van der Waals surface area contributed by atoms with Crippen molar-refractivity contribution in [1.82, 2.24) is 19.5 Å². The maximum atomic E-state index is 12.5. The predicted octanol–water partition coefficient (Wildman–Crippen LogP) is 1.98. The highest BCUT2D eigenvalue weighted by Crippen LogP contribution is 2.11. The number of H-pyrrole nitrogens is 1. The Kier molecular flexibility index (Phi) is 8.67. The molecule has 176 valence electrons. The number of rotatable bonds is 12. The molecule has 0 saturated heterocycles. The van der Waals surface area contributed by atoms with Gasteiger partial charge in [-0.2, -0.15) is 4.98 Å². The lowest BCUT2D eigenvalue weighted by Crippen LogP contribution is -2.32. The number of aromatic amines is 1. The van der Waals surface area contributed by atoms with E-state index < -0.39 is 17.6 Å². The van der Waals surface area contributed by atoms with Crippen LogP contribution in [0, 0.1) is 0 Å². The van der Waals surface area contributed by atoms with Crippen LogP contribution in [0.3, 0.4) is 0 Å². The largest absolute Gasteiger partial charge is 0.464 e. The van der Waals surface area contributed by atoms with Crippen molar-refractivity contribution in [2.45, 2.75) is 46.1 Å². The highest BCUT2D eigenvalue weighted by molar-refractivity contribution is 5.89. The minimum Gasteiger partial charge on any atom is -0.464 e. The first-order chi connectivity index (χ1) is 16.0. The maximum Gasteiger partial charge on any atom is 0.337 e. The van der Waals surface area contributed by atoms with Crippen LogP contribution in [0.4, 0.5) is 5.95 Å². The van der Waals surface area contributed by atoms with Crippen molar-refractivity contribution in [2.24, 2.45) is 0 Å². The van der Waals surface area contributed by atoms with Crippen molar-refractivity contribution < 1.29 is 23.8 Å². The zero-order valence-corrected chi connectivity index (χ0v) is 18.6. The number of ether oxygens (including phenoxy) is 3. The van der Waals surface area contributed by atoms with Crippen molar-refractivity contribution in [2.75, 3.05) is 18.5 Å². The van der Waals surface area contributed by atoms with Gasteiger partial charge < -0.3 is 14.2 Å². The van der Waals surface area contributed by atoms with E-state index in [1.165, 1.54) is 10.9 Å². The number of nitrogens with zero attached hydrogens (tertiary/aromatic N) is 3. The Balaban J connectivity index is 1.70. The van der Waals surface area contributed by atoms with E-state index in [9.17, 15) is 14.4 Å². The molecule has 1 amide bonds. The van der Waals surface area contributed by atoms with Gasteiger partial charge in [-0.25, -0.2) is 9.78 Å². The van der Waals surface area contributed by atoms with Gasteiger partial charge in [0.1, 0.15) is 6.73 Å². The first kappa shape index (κ1) is 24.1. The highest BCUT2D eigenvalue weighted by atomic mass is 16.6. The van der Waals surface area contributed by atoms with Gasteiger partial charge in [-0.1, -0.05) is 44.2 Å². The quantitative estimate of drug-likeness (QED) is 0.394. The van der Waals surface area contributed by atoms with Crippen LogP contribution in [0.5, 0.6) is 0 Å². The Morgan fingerprint density at radius 3 is 2.73 bits per heavy atom. The lowest BCUT2D eigenvalue weighted by molar-refractivity contribution is -0.165. The monoisotopic (exact) mass is 457 g/mol. The lowest BCUT2D eigenvalue weighted by Gasteiger charge is -2.17. The number of hydrogen-bond acceptors (Lipinski definition) is 8. The predicted molar refractivity (Wildman–Crippen MR) is 119 cm³/mol. The summed E-state index contributed by atoms with van der Waals surface area (Å²) in [5.41, 5.74) is 0.744. The van der Waals surface area contributed by atoms with Gasteiger partial charge in [0.25, 0.3) is 5.56 Å². The molecule has 1 unspecified atom stereocenters. The topological polar surface area (TPSA) is 137 Å². The Labute approximate surface area is 190 Å². The Morgan fingerprint density at radius 2 is 2.00 bits per heavy atom. The normalized spacial score (nSPS) is 11.9. The van der Waals surface area contributed by atoms with E-state index in [4.69, 9.17) is 14.2 Å². The minimum atomic E-state index is -0.987. The SMILES string of the molecule is CCCOC(=O)C(COCc1ccccc1)OCn1cnc2c(=O)[nH]c(NC(=O)CC)nc21. The number of imidazole rings is 1. The van der Waals surface area contributed by atoms with Crippen LogP contribution >= 0.6 is 0 Å². The van der Waals surface area contributed by atoms with Gasteiger partial charge in [-0.3, -0.25) is 24.5 Å². The molecule has 11 heteroatoms. The van der Waals surface area contributed by atoms with E-state index in [-0.39, 0.29) is 49.4 Å². The van der Waals surface area contributed by atoms with Gasteiger partial charge >= 0.3 is 5.97 Å². The molecule has 1 aromatic carbocycles. The zero-order chi connectivity index (χ0) is 23.6. The summed E-state index contributed by atoms with van der Waals surface area (Å²) in [4.78, 5) is 47.1. The average Bonchev–Trinajstić information content (AvgIpc) is 3.23. The van der Waals surface area contributed by atoms with Crippen LogP contribution in [-0.2, 0) is 37.1 Å². The van der Waals surface area contributed by atoms with Crippen molar-refractivity contribution >= 4 is 29.0 Å². The van der Waals surface area contributed by atoms with Crippen molar-refractivity contribution in [3.8, 4) is 0 Å². The summed E-state index contributed by atoms with van der Waals surface area (Å²) in [6.45, 7) is 4.01. The summed E-state index contributed by atoms with van der Waals surface area (Å²) in [5.74, 6) is -0.837. The fourth-order valence-electron chi connectivity index (χ4n) is 2.84. The van der Waals surface area contributed by atoms with Crippen molar-refractivity contribution in [1.29, 1.82) is 0 Å². The van der Waals surface area contributed by atoms with E-state index in [2.05, 4.69) is 20.3 Å². The average molecular weight is 457 g/mol. The van der Waals surface area contributed by atoms with Crippen LogP contribution in [0.2, 0.25) is 0 Å². The number of aromatic nitrogens is 4. The molecule has 2 heterocycles. The van der Waals surface area contributed by atoms with Gasteiger partial charge in [0.2, 0.25) is 11.9 Å². The minimum absolute atomic E-state index is 0.00574. The summed E-state index contributed by atoms with van der Waals surface area (Å²) in [5, 5.41) is 2.51. The molecule has 0 bridgehead atoms. The summed E-state index contributed by atoms with van der Waals surface area (Å²) in [6.07, 6.45) is 1.29. The molecule has 0 radical (unpaired) electrons. The molecule has 0 saturated carbocycles. The smallest absolute Gasteiger partial charge is 0.337 e. The summed E-state index contributed by atoms with van der Waals surface area (Å²) in [6, 6.07) is 9.55. The molecule has 11 nitrogen and oxygen atoms in total.